The molecule has 0 spiro atoms. The molecule has 0 aliphatic rings. The number of aliphatic carboxylic acids is 1. The summed E-state index contributed by atoms with van der Waals surface area (Å²) in [6.07, 6.45) is 2.54. The zero-order valence-corrected chi connectivity index (χ0v) is 14.9. The lowest BCUT2D eigenvalue weighted by Crippen LogP contribution is -2.36. The predicted octanol–water partition coefficient (Wildman–Crippen LogP) is 3.70. The van der Waals surface area contributed by atoms with E-state index in [0.29, 0.717) is 25.3 Å². The number of benzene rings is 2. The highest BCUT2D eigenvalue weighted by Gasteiger charge is 2.15. The fourth-order valence-electron chi connectivity index (χ4n) is 2.28. The fraction of sp³-hybridized carbons (Fsp3) is 0.316. The number of carbonyl (C=O) groups is 1. The van der Waals surface area contributed by atoms with Gasteiger partial charge in [0.25, 0.3) is 0 Å². The number of nitrogens with one attached hydrogen (secondary N) is 1. The molecule has 0 saturated heterocycles. The molecule has 2 rings (SSSR count). The molecule has 134 valence electrons. The van der Waals surface area contributed by atoms with Gasteiger partial charge in [0.2, 0.25) is 0 Å². The van der Waals surface area contributed by atoms with Gasteiger partial charge in [0, 0.05) is 6.54 Å². The lowest BCUT2D eigenvalue weighted by molar-refractivity contribution is -0.139. The third-order valence-corrected chi connectivity index (χ3v) is 4.32. The minimum absolute atomic E-state index is 0.272. The van der Waals surface area contributed by atoms with Crippen molar-refractivity contribution in [2.24, 2.45) is 0 Å². The van der Waals surface area contributed by atoms with E-state index >= 15 is 0 Å². The first-order valence-corrected chi connectivity index (χ1v) is 9.39. The summed E-state index contributed by atoms with van der Waals surface area (Å²) in [7, 11) is 0. The van der Waals surface area contributed by atoms with Gasteiger partial charge in [-0.25, -0.2) is 4.39 Å². The number of carboxylic acid groups (broad SMARTS) is 1. The molecule has 0 saturated carbocycles. The van der Waals surface area contributed by atoms with Gasteiger partial charge >= 0.3 is 5.97 Å². The highest BCUT2D eigenvalue weighted by Crippen LogP contribution is 2.16. The minimum atomic E-state index is -0.835. The number of hydrogen-bond donors (Lipinski definition) is 2. The largest absolute Gasteiger partial charge is 0.489 e. The van der Waals surface area contributed by atoms with Crippen molar-refractivity contribution in [2.45, 2.75) is 25.6 Å². The average Bonchev–Trinajstić information content (AvgIpc) is 2.61. The molecule has 4 nitrogen and oxygen atoms in total. The Morgan fingerprint density at radius 1 is 1.24 bits per heavy atom. The van der Waals surface area contributed by atoms with Crippen LogP contribution in [0.3, 0.4) is 0 Å². The van der Waals surface area contributed by atoms with Crippen molar-refractivity contribution in [3.8, 4) is 5.75 Å². The Bertz CT molecular complexity index is 679. The van der Waals surface area contributed by atoms with Crippen LogP contribution in [0.5, 0.6) is 5.75 Å². The molecule has 0 fully saturated rings. The summed E-state index contributed by atoms with van der Waals surface area (Å²) >= 11 is 1.63. The van der Waals surface area contributed by atoms with Crippen molar-refractivity contribution < 1.29 is 19.0 Å². The number of halogens is 1. The van der Waals surface area contributed by atoms with E-state index in [1.54, 1.807) is 23.9 Å². The monoisotopic (exact) mass is 363 g/mol. The van der Waals surface area contributed by atoms with Gasteiger partial charge in [-0.1, -0.05) is 24.3 Å². The Hall–Kier alpha value is -2.05. The van der Waals surface area contributed by atoms with Crippen LogP contribution in [0.2, 0.25) is 0 Å². The van der Waals surface area contributed by atoms with Crippen molar-refractivity contribution in [3.05, 3.63) is 65.5 Å². The third kappa shape index (κ3) is 6.76. The maximum Gasteiger partial charge on any atom is 0.320 e. The predicted molar refractivity (Wildman–Crippen MR) is 98.4 cm³/mol. The molecular weight excluding hydrogens is 341 g/mol. The Morgan fingerprint density at radius 3 is 2.68 bits per heavy atom. The third-order valence-electron chi connectivity index (χ3n) is 3.68. The minimum Gasteiger partial charge on any atom is -0.489 e. The van der Waals surface area contributed by atoms with Gasteiger partial charge in [-0.2, -0.15) is 11.8 Å². The van der Waals surface area contributed by atoms with E-state index < -0.39 is 12.0 Å². The molecular formula is C19H22FNO3S. The average molecular weight is 363 g/mol. The molecule has 2 aromatic carbocycles. The quantitative estimate of drug-likeness (QED) is 0.674. The molecule has 0 unspecified atom stereocenters. The number of rotatable bonds is 10. The standard InChI is InChI=1S/C19H22FNO3S/c1-25-10-9-18(19(22)23)21-12-15-3-2-4-17(11-15)24-13-14-5-7-16(20)8-6-14/h2-8,11,18,21H,9-10,12-13H2,1H3,(H,22,23)/t18-/m1/s1. The van der Waals surface area contributed by atoms with Crippen LogP contribution in [0.15, 0.2) is 48.5 Å². The van der Waals surface area contributed by atoms with Crippen LogP contribution >= 0.6 is 11.8 Å². The Balaban J connectivity index is 1.89. The van der Waals surface area contributed by atoms with E-state index in [1.807, 2.05) is 30.5 Å². The van der Waals surface area contributed by atoms with Gasteiger partial charge in [0.15, 0.2) is 0 Å². The van der Waals surface area contributed by atoms with Gasteiger partial charge in [-0.05, 0) is 53.8 Å². The van der Waals surface area contributed by atoms with Gasteiger partial charge in [0.05, 0.1) is 0 Å². The van der Waals surface area contributed by atoms with Crippen molar-refractivity contribution in [3.63, 3.8) is 0 Å². The normalized spacial score (nSPS) is 11.9. The smallest absolute Gasteiger partial charge is 0.320 e. The summed E-state index contributed by atoms with van der Waals surface area (Å²) in [6.45, 7) is 0.807. The van der Waals surface area contributed by atoms with Crippen LogP contribution in [0, 0.1) is 5.82 Å². The molecule has 2 N–H and O–H groups in total. The Kier molecular flexibility index (Phi) is 7.76. The van der Waals surface area contributed by atoms with Crippen LogP contribution in [0.4, 0.5) is 4.39 Å². The van der Waals surface area contributed by atoms with Crippen LogP contribution in [-0.4, -0.2) is 29.1 Å². The van der Waals surface area contributed by atoms with Gasteiger partial charge in [-0.3, -0.25) is 4.79 Å². The topological polar surface area (TPSA) is 58.6 Å². The number of thioether (sulfide) groups is 1. The van der Waals surface area contributed by atoms with Gasteiger partial charge in [0.1, 0.15) is 24.2 Å². The molecule has 0 heterocycles. The molecule has 0 aromatic heterocycles. The fourth-order valence-corrected chi connectivity index (χ4v) is 2.75. The first-order chi connectivity index (χ1) is 12.1. The number of carboxylic acids is 1. The molecule has 6 heteroatoms. The second-order valence-corrected chi connectivity index (χ2v) is 6.60. The van der Waals surface area contributed by atoms with Crippen LogP contribution in [0.25, 0.3) is 0 Å². The molecule has 1 atom stereocenters. The van der Waals surface area contributed by atoms with Crippen molar-refractivity contribution in [1.82, 2.24) is 5.32 Å². The van der Waals surface area contributed by atoms with Crippen molar-refractivity contribution >= 4 is 17.7 Å². The van der Waals surface area contributed by atoms with E-state index in [4.69, 9.17) is 4.74 Å². The highest BCUT2D eigenvalue weighted by atomic mass is 32.2. The maximum atomic E-state index is 12.9. The molecule has 0 bridgehead atoms. The van der Waals surface area contributed by atoms with E-state index in [0.717, 1.165) is 16.9 Å². The summed E-state index contributed by atoms with van der Waals surface area (Å²) in [5.74, 6) is 0.383. The Morgan fingerprint density at radius 2 is 2.00 bits per heavy atom. The second kappa shape index (κ2) is 10.1. The van der Waals surface area contributed by atoms with Crippen LogP contribution in [-0.2, 0) is 17.9 Å². The highest BCUT2D eigenvalue weighted by molar-refractivity contribution is 7.98. The van der Waals surface area contributed by atoms with E-state index in [-0.39, 0.29) is 5.82 Å². The first-order valence-electron chi connectivity index (χ1n) is 8.00. The number of ether oxygens (including phenoxy) is 1. The van der Waals surface area contributed by atoms with Crippen molar-refractivity contribution in [1.29, 1.82) is 0 Å². The maximum absolute atomic E-state index is 12.9. The summed E-state index contributed by atoms with van der Waals surface area (Å²) in [5.41, 5.74) is 1.83. The summed E-state index contributed by atoms with van der Waals surface area (Å²) in [5, 5.41) is 12.3. The summed E-state index contributed by atoms with van der Waals surface area (Å²) in [4.78, 5) is 11.3. The molecule has 2 aromatic rings. The first kappa shape index (κ1) is 19.3. The van der Waals surface area contributed by atoms with E-state index in [1.165, 1.54) is 12.1 Å². The van der Waals surface area contributed by atoms with E-state index in [9.17, 15) is 14.3 Å². The molecule has 0 aliphatic carbocycles. The zero-order valence-electron chi connectivity index (χ0n) is 14.1. The van der Waals surface area contributed by atoms with Crippen LogP contribution in [0.1, 0.15) is 17.5 Å². The zero-order chi connectivity index (χ0) is 18.1. The lowest BCUT2D eigenvalue weighted by atomic mass is 10.1. The molecule has 0 amide bonds. The summed E-state index contributed by atoms with van der Waals surface area (Å²) < 4.78 is 18.6. The lowest BCUT2D eigenvalue weighted by Gasteiger charge is -2.14. The van der Waals surface area contributed by atoms with Crippen molar-refractivity contribution in [2.75, 3.05) is 12.0 Å². The number of hydrogen-bond acceptors (Lipinski definition) is 4. The molecule has 25 heavy (non-hydrogen) atoms. The Labute approximate surface area is 151 Å². The molecule has 0 aliphatic heterocycles. The second-order valence-electron chi connectivity index (χ2n) is 5.62. The van der Waals surface area contributed by atoms with Crippen LogP contribution < -0.4 is 10.1 Å². The SMILES string of the molecule is CSCC[C@@H](NCc1cccc(OCc2ccc(F)cc2)c1)C(=O)O. The van der Waals surface area contributed by atoms with Gasteiger partial charge in [-0.15, -0.1) is 0 Å². The summed E-state index contributed by atoms with van der Waals surface area (Å²) in [6, 6.07) is 13.1. The van der Waals surface area contributed by atoms with Gasteiger partial charge < -0.3 is 15.2 Å². The van der Waals surface area contributed by atoms with E-state index in [2.05, 4.69) is 5.32 Å². The molecule has 0 radical (unpaired) electrons.